The molecule has 0 atom stereocenters. The van der Waals surface area contributed by atoms with E-state index in [1.54, 1.807) is 7.11 Å². The minimum absolute atomic E-state index is 0.588. The number of methoxy groups -OCH3 is 1. The first-order valence-corrected chi connectivity index (χ1v) is 7.30. The number of aromatic nitrogens is 2. The molecule has 0 radical (unpaired) electrons. The SMILES string of the molecule is COc1ccc(-c2nc(C3CC3)n(C3CC3)c2N)cc1. The van der Waals surface area contributed by atoms with Gasteiger partial charge in [0.05, 0.1) is 7.11 Å². The smallest absolute Gasteiger partial charge is 0.132 e. The van der Waals surface area contributed by atoms with Crippen LogP contribution >= 0.6 is 0 Å². The molecule has 1 aromatic carbocycles. The Morgan fingerprint density at radius 1 is 1.15 bits per heavy atom. The van der Waals surface area contributed by atoms with E-state index in [0.29, 0.717) is 12.0 Å². The molecule has 0 aliphatic heterocycles. The second kappa shape index (κ2) is 4.27. The highest BCUT2D eigenvalue weighted by Crippen LogP contribution is 2.48. The van der Waals surface area contributed by atoms with Gasteiger partial charge in [-0.2, -0.15) is 0 Å². The number of nitrogen functional groups attached to an aromatic ring is 1. The molecule has 0 saturated heterocycles. The van der Waals surface area contributed by atoms with Crippen LogP contribution in [-0.4, -0.2) is 16.7 Å². The van der Waals surface area contributed by atoms with Gasteiger partial charge in [0.2, 0.25) is 0 Å². The molecule has 0 amide bonds. The zero-order chi connectivity index (χ0) is 13.7. The van der Waals surface area contributed by atoms with Crippen LogP contribution in [0.3, 0.4) is 0 Å². The summed E-state index contributed by atoms with van der Waals surface area (Å²) in [5.41, 5.74) is 8.39. The Hall–Kier alpha value is -1.97. The largest absolute Gasteiger partial charge is 0.497 e. The highest BCUT2D eigenvalue weighted by molar-refractivity contribution is 5.72. The van der Waals surface area contributed by atoms with Gasteiger partial charge in [0.15, 0.2) is 0 Å². The number of anilines is 1. The number of imidazole rings is 1. The summed E-state index contributed by atoms with van der Waals surface area (Å²) in [6.07, 6.45) is 4.99. The molecular weight excluding hydrogens is 250 g/mol. The zero-order valence-corrected chi connectivity index (χ0v) is 11.7. The number of rotatable bonds is 4. The first kappa shape index (κ1) is 11.8. The Morgan fingerprint density at radius 3 is 2.40 bits per heavy atom. The average molecular weight is 269 g/mol. The molecule has 20 heavy (non-hydrogen) atoms. The Morgan fingerprint density at radius 2 is 1.85 bits per heavy atom. The van der Waals surface area contributed by atoms with Gasteiger partial charge >= 0.3 is 0 Å². The van der Waals surface area contributed by atoms with E-state index in [-0.39, 0.29) is 0 Å². The van der Waals surface area contributed by atoms with E-state index >= 15 is 0 Å². The number of benzene rings is 1. The van der Waals surface area contributed by atoms with Crippen molar-refractivity contribution in [3.05, 3.63) is 30.1 Å². The molecule has 0 unspecified atom stereocenters. The van der Waals surface area contributed by atoms with Gasteiger partial charge < -0.3 is 15.0 Å². The normalized spacial score (nSPS) is 18.2. The highest BCUT2D eigenvalue weighted by Gasteiger charge is 2.36. The number of ether oxygens (including phenoxy) is 1. The summed E-state index contributed by atoms with van der Waals surface area (Å²) in [5.74, 6) is 3.52. The minimum Gasteiger partial charge on any atom is -0.497 e. The van der Waals surface area contributed by atoms with Crippen LogP contribution < -0.4 is 10.5 Å². The predicted molar refractivity (Wildman–Crippen MR) is 78.9 cm³/mol. The second-order valence-electron chi connectivity index (χ2n) is 5.81. The van der Waals surface area contributed by atoms with Crippen LogP contribution in [0.25, 0.3) is 11.3 Å². The summed E-state index contributed by atoms with van der Waals surface area (Å²) < 4.78 is 7.49. The van der Waals surface area contributed by atoms with Gasteiger partial charge in [-0.25, -0.2) is 4.98 Å². The van der Waals surface area contributed by atoms with Crippen molar-refractivity contribution in [2.45, 2.75) is 37.6 Å². The first-order chi connectivity index (χ1) is 9.78. The quantitative estimate of drug-likeness (QED) is 0.926. The molecule has 4 rings (SSSR count). The van der Waals surface area contributed by atoms with Crippen LogP contribution in [0.2, 0.25) is 0 Å². The molecule has 0 bridgehead atoms. The van der Waals surface area contributed by atoms with Gasteiger partial charge in [-0.05, 0) is 49.9 Å². The lowest BCUT2D eigenvalue weighted by molar-refractivity contribution is 0.415. The van der Waals surface area contributed by atoms with Crippen molar-refractivity contribution in [2.24, 2.45) is 0 Å². The lowest BCUT2D eigenvalue weighted by atomic mass is 10.1. The third-order valence-corrected chi connectivity index (χ3v) is 4.19. The van der Waals surface area contributed by atoms with Crippen LogP contribution in [0.4, 0.5) is 5.82 Å². The highest BCUT2D eigenvalue weighted by atomic mass is 16.5. The van der Waals surface area contributed by atoms with Crippen LogP contribution in [-0.2, 0) is 0 Å². The Labute approximate surface area is 118 Å². The van der Waals surface area contributed by atoms with Crippen LogP contribution in [0.1, 0.15) is 43.5 Å². The van der Waals surface area contributed by atoms with Gasteiger partial charge in [0.1, 0.15) is 23.1 Å². The fourth-order valence-electron chi connectivity index (χ4n) is 2.77. The number of hydrogen-bond donors (Lipinski definition) is 1. The van der Waals surface area contributed by atoms with Gasteiger partial charge in [-0.3, -0.25) is 0 Å². The summed E-state index contributed by atoms with van der Waals surface area (Å²) in [6.45, 7) is 0. The van der Waals surface area contributed by atoms with Crippen molar-refractivity contribution in [1.29, 1.82) is 0 Å². The molecule has 1 heterocycles. The number of nitrogens with two attached hydrogens (primary N) is 1. The van der Waals surface area contributed by atoms with E-state index in [1.807, 2.05) is 24.3 Å². The zero-order valence-electron chi connectivity index (χ0n) is 11.7. The van der Waals surface area contributed by atoms with Crippen molar-refractivity contribution in [1.82, 2.24) is 9.55 Å². The summed E-state index contributed by atoms with van der Waals surface area (Å²) >= 11 is 0. The molecule has 2 fully saturated rings. The van der Waals surface area contributed by atoms with Gasteiger partial charge in [-0.1, -0.05) is 0 Å². The van der Waals surface area contributed by atoms with Crippen molar-refractivity contribution in [3.8, 4) is 17.0 Å². The molecular formula is C16H19N3O. The van der Waals surface area contributed by atoms with Crippen molar-refractivity contribution < 1.29 is 4.74 Å². The van der Waals surface area contributed by atoms with Crippen molar-refractivity contribution >= 4 is 5.82 Å². The van der Waals surface area contributed by atoms with Crippen LogP contribution in [0.5, 0.6) is 5.75 Å². The van der Waals surface area contributed by atoms with Crippen LogP contribution in [0.15, 0.2) is 24.3 Å². The second-order valence-corrected chi connectivity index (χ2v) is 5.81. The number of hydrogen-bond acceptors (Lipinski definition) is 3. The first-order valence-electron chi connectivity index (χ1n) is 7.30. The van der Waals surface area contributed by atoms with E-state index in [1.165, 1.54) is 31.5 Å². The van der Waals surface area contributed by atoms with E-state index < -0.39 is 0 Å². The van der Waals surface area contributed by atoms with Crippen molar-refractivity contribution in [3.63, 3.8) is 0 Å². The van der Waals surface area contributed by atoms with Crippen LogP contribution in [0, 0.1) is 0 Å². The maximum Gasteiger partial charge on any atom is 0.132 e. The molecule has 0 spiro atoms. The summed E-state index contributed by atoms with van der Waals surface area (Å²) in [4.78, 5) is 4.86. The maximum atomic E-state index is 6.38. The fraction of sp³-hybridized carbons (Fsp3) is 0.438. The van der Waals surface area contributed by atoms with E-state index in [2.05, 4.69) is 4.57 Å². The number of nitrogens with zero attached hydrogens (tertiary/aromatic N) is 2. The standard InChI is InChI=1S/C16H19N3O/c1-20-13-8-4-10(5-9-13)14-15(17)19(12-6-7-12)16(18-14)11-2-3-11/h4-5,8-9,11-12H,2-3,6-7,17H2,1H3. The summed E-state index contributed by atoms with van der Waals surface area (Å²) in [6, 6.07) is 8.57. The molecule has 104 valence electrons. The molecule has 2 aromatic rings. The Kier molecular flexibility index (Phi) is 2.52. The average Bonchev–Trinajstić information content (AvgIpc) is 3.37. The van der Waals surface area contributed by atoms with E-state index in [4.69, 9.17) is 15.5 Å². The molecule has 4 heteroatoms. The minimum atomic E-state index is 0.588. The molecule has 4 nitrogen and oxygen atoms in total. The molecule has 2 aliphatic carbocycles. The Balaban J connectivity index is 1.78. The summed E-state index contributed by atoms with van der Waals surface area (Å²) in [7, 11) is 1.68. The van der Waals surface area contributed by atoms with Gasteiger partial charge in [-0.15, -0.1) is 0 Å². The van der Waals surface area contributed by atoms with Gasteiger partial charge in [0.25, 0.3) is 0 Å². The van der Waals surface area contributed by atoms with E-state index in [9.17, 15) is 0 Å². The third-order valence-electron chi connectivity index (χ3n) is 4.19. The molecule has 2 N–H and O–H groups in total. The third kappa shape index (κ3) is 1.87. The molecule has 2 saturated carbocycles. The molecule has 2 aliphatic rings. The summed E-state index contributed by atoms with van der Waals surface area (Å²) in [5, 5.41) is 0. The molecule has 1 aromatic heterocycles. The predicted octanol–water partition coefficient (Wildman–Crippen LogP) is 3.35. The Bertz CT molecular complexity index is 636. The van der Waals surface area contributed by atoms with Gasteiger partial charge in [0, 0.05) is 17.5 Å². The van der Waals surface area contributed by atoms with E-state index in [0.717, 1.165) is 22.8 Å². The topological polar surface area (TPSA) is 53.1 Å². The fourth-order valence-corrected chi connectivity index (χ4v) is 2.77. The monoisotopic (exact) mass is 269 g/mol. The maximum absolute atomic E-state index is 6.38. The lowest BCUT2D eigenvalue weighted by Crippen LogP contribution is -2.04. The lowest BCUT2D eigenvalue weighted by Gasteiger charge is -2.07. The van der Waals surface area contributed by atoms with Crippen molar-refractivity contribution in [2.75, 3.05) is 12.8 Å².